The molecule has 0 heteroatoms. The summed E-state index contributed by atoms with van der Waals surface area (Å²) in [5.41, 5.74) is 7.54. The molecule has 0 amide bonds. The van der Waals surface area contributed by atoms with Gasteiger partial charge < -0.3 is 0 Å². The second-order valence-electron chi connectivity index (χ2n) is 5.45. The predicted octanol–water partition coefficient (Wildman–Crippen LogP) is 5.07. The maximum Gasteiger partial charge on any atom is -0.0150 e. The number of hydrogen-bond acceptors (Lipinski definition) is 0. The Kier molecular flexibility index (Phi) is 2.66. The molecule has 1 aromatic rings. The Hall–Kier alpha value is -1.30. The van der Waals surface area contributed by atoms with Gasteiger partial charge in [-0.1, -0.05) is 43.3 Å². The zero-order valence-electron chi connectivity index (χ0n) is 10.6. The Balaban J connectivity index is 2.16. The Morgan fingerprint density at radius 1 is 1.06 bits per heavy atom. The predicted molar refractivity (Wildman–Crippen MR) is 74.6 cm³/mol. The summed E-state index contributed by atoms with van der Waals surface area (Å²) in [7, 11) is 0. The summed E-state index contributed by atoms with van der Waals surface area (Å²) in [5, 5.41) is 0. The average molecular weight is 224 g/mol. The molecule has 0 nitrogen and oxygen atoms in total. The molecule has 0 radical (unpaired) electrons. The quantitative estimate of drug-likeness (QED) is 0.540. The molecule has 0 bridgehead atoms. The van der Waals surface area contributed by atoms with E-state index in [-0.39, 0.29) is 0 Å². The molecule has 1 saturated carbocycles. The summed E-state index contributed by atoms with van der Waals surface area (Å²) in [4.78, 5) is 0. The molecule has 0 aliphatic heterocycles. The highest BCUT2D eigenvalue weighted by Gasteiger charge is 2.23. The van der Waals surface area contributed by atoms with Crippen molar-refractivity contribution < 1.29 is 0 Å². The van der Waals surface area contributed by atoms with Crippen molar-refractivity contribution in [2.75, 3.05) is 0 Å². The van der Waals surface area contributed by atoms with E-state index in [0.29, 0.717) is 5.92 Å². The highest BCUT2D eigenvalue weighted by atomic mass is 14.3. The van der Waals surface area contributed by atoms with E-state index in [1.807, 2.05) is 0 Å². The van der Waals surface area contributed by atoms with Crippen LogP contribution in [0, 0.1) is 5.92 Å². The smallest absolute Gasteiger partial charge is 0.0150 e. The minimum Gasteiger partial charge on any atom is -0.0949 e. The van der Waals surface area contributed by atoms with E-state index in [1.165, 1.54) is 48.8 Å². The lowest BCUT2D eigenvalue weighted by atomic mass is 9.83. The van der Waals surface area contributed by atoms with Gasteiger partial charge >= 0.3 is 0 Å². The summed E-state index contributed by atoms with van der Waals surface area (Å²) in [6, 6.07) is 8.85. The van der Waals surface area contributed by atoms with Gasteiger partial charge in [-0.3, -0.25) is 0 Å². The molecule has 1 atom stereocenters. The molecule has 0 saturated heterocycles. The van der Waals surface area contributed by atoms with E-state index in [0.717, 1.165) is 0 Å². The molecule has 1 unspecified atom stereocenters. The van der Waals surface area contributed by atoms with Crippen LogP contribution >= 0.6 is 0 Å². The SMILES string of the molecule is C=C1c2ccccc2C(=C2CCC2)CCC1C. The highest BCUT2D eigenvalue weighted by Crippen LogP contribution is 2.43. The standard InChI is InChI=1S/C17H20/c1-12-10-11-16(14-6-5-7-14)17-9-4-3-8-15(17)13(12)2/h3-4,8-9,12H,2,5-7,10-11H2,1H3. The van der Waals surface area contributed by atoms with Crippen LogP contribution in [0.15, 0.2) is 36.4 Å². The van der Waals surface area contributed by atoms with Crippen LogP contribution in [-0.4, -0.2) is 0 Å². The van der Waals surface area contributed by atoms with Gasteiger partial charge in [0.25, 0.3) is 0 Å². The third-order valence-corrected chi connectivity index (χ3v) is 4.40. The molecule has 0 N–H and O–H groups in total. The zero-order chi connectivity index (χ0) is 11.8. The van der Waals surface area contributed by atoms with Crippen molar-refractivity contribution in [2.24, 2.45) is 5.92 Å². The number of benzene rings is 1. The van der Waals surface area contributed by atoms with Crippen molar-refractivity contribution in [3.05, 3.63) is 47.5 Å². The molecular formula is C17H20. The Labute approximate surface area is 104 Å². The Bertz CT molecular complexity index is 485. The summed E-state index contributed by atoms with van der Waals surface area (Å²) >= 11 is 0. The topological polar surface area (TPSA) is 0 Å². The van der Waals surface area contributed by atoms with Crippen molar-refractivity contribution in [1.82, 2.24) is 0 Å². The lowest BCUT2D eigenvalue weighted by Gasteiger charge is -2.22. The van der Waals surface area contributed by atoms with Gasteiger partial charge in [-0.25, -0.2) is 0 Å². The van der Waals surface area contributed by atoms with Crippen LogP contribution in [-0.2, 0) is 0 Å². The van der Waals surface area contributed by atoms with E-state index < -0.39 is 0 Å². The van der Waals surface area contributed by atoms with Gasteiger partial charge in [0.1, 0.15) is 0 Å². The largest absolute Gasteiger partial charge is 0.0949 e. The van der Waals surface area contributed by atoms with E-state index in [4.69, 9.17) is 0 Å². The molecule has 1 fully saturated rings. The van der Waals surface area contributed by atoms with Crippen LogP contribution in [0.25, 0.3) is 11.1 Å². The van der Waals surface area contributed by atoms with Gasteiger partial charge in [-0.05, 0) is 60.3 Å². The molecule has 2 aliphatic carbocycles. The van der Waals surface area contributed by atoms with Gasteiger partial charge in [-0.15, -0.1) is 0 Å². The summed E-state index contributed by atoms with van der Waals surface area (Å²) in [6.07, 6.45) is 6.53. The third kappa shape index (κ3) is 1.76. The fourth-order valence-electron chi connectivity index (χ4n) is 2.98. The molecular weight excluding hydrogens is 204 g/mol. The van der Waals surface area contributed by atoms with Gasteiger partial charge in [0.15, 0.2) is 0 Å². The van der Waals surface area contributed by atoms with Crippen LogP contribution in [0.2, 0.25) is 0 Å². The van der Waals surface area contributed by atoms with E-state index in [2.05, 4.69) is 37.8 Å². The second kappa shape index (κ2) is 4.18. The van der Waals surface area contributed by atoms with Crippen molar-refractivity contribution in [3.63, 3.8) is 0 Å². The summed E-state index contributed by atoms with van der Waals surface area (Å²) < 4.78 is 0. The van der Waals surface area contributed by atoms with Gasteiger partial charge in [0.2, 0.25) is 0 Å². The molecule has 0 spiro atoms. The highest BCUT2D eigenvalue weighted by molar-refractivity contribution is 5.83. The summed E-state index contributed by atoms with van der Waals surface area (Å²) in [6.45, 7) is 6.62. The fraction of sp³-hybridized carbons (Fsp3) is 0.412. The molecule has 0 heterocycles. The monoisotopic (exact) mass is 224 g/mol. The fourth-order valence-corrected chi connectivity index (χ4v) is 2.98. The molecule has 88 valence electrons. The Morgan fingerprint density at radius 3 is 2.41 bits per heavy atom. The van der Waals surface area contributed by atoms with Crippen molar-refractivity contribution in [3.8, 4) is 0 Å². The van der Waals surface area contributed by atoms with Crippen LogP contribution < -0.4 is 0 Å². The van der Waals surface area contributed by atoms with E-state index >= 15 is 0 Å². The maximum atomic E-state index is 4.31. The average Bonchev–Trinajstić information content (AvgIpc) is 2.40. The molecule has 2 aliphatic rings. The molecule has 17 heavy (non-hydrogen) atoms. The van der Waals surface area contributed by atoms with Crippen molar-refractivity contribution in [1.29, 1.82) is 0 Å². The molecule has 1 aromatic carbocycles. The Morgan fingerprint density at radius 2 is 1.76 bits per heavy atom. The van der Waals surface area contributed by atoms with Gasteiger partial charge in [0.05, 0.1) is 0 Å². The third-order valence-electron chi connectivity index (χ3n) is 4.40. The first-order valence-corrected chi connectivity index (χ1v) is 6.77. The zero-order valence-corrected chi connectivity index (χ0v) is 10.6. The first kappa shape index (κ1) is 10.8. The van der Waals surface area contributed by atoms with Crippen molar-refractivity contribution in [2.45, 2.75) is 39.0 Å². The molecule has 3 rings (SSSR count). The van der Waals surface area contributed by atoms with E-state index in [9.17, 15) is 0 Å². The van der Waals surface area contributed by atoms with Crippen LogP contribution in [0.4, 0.5) is 0 Å². The van der Waals surface area contributed by atoms with Gasteiger partial charge in [-0.2, -0.15) is 0 Å². The van der Waals surface area contributed by atoms with Crippen LogP contribution in [0.3, 0.4) is 0 Å². The molecule has 0 aromatic heterocycles. The number of rotatable bonds is 0. The minimum atomic E-state index is 0.620. The van der Waals surface area contributed by atoms with Crippen LogP contribution in [0.5, 0.6) is 0 Å². The minimum absolute atomic E-state index is 0.620. The number of fused-ring (bicyclic) bond motifs is 1. The first-order valence-electron chi connectivity index (χ1n) is 6.77. The normalized spacial score (nSPS) is 24.1. The second-order valence-corrected chi connectivity index (χ2v) is 5.45. The first-order chi connectivity index (χ1) is 8.27. The van der Waals surface area contributed by atoms with E-state index in [1.54, 1.807) is 11.1 Å². The maximum absolute atomic E-state index is 4.31. The lowest BCUT2D eigenvalue weighted by molar-refractivity contribution is 0.647. The number of allylic oxidation sites excluding steroid dienone is 3. The van der Waals surface area contributed by atoms with Crippen molar-refractivity contribution >= 4 is 11.1 Å². The van der Waals surface area contributed by atoms with Crippen LogP contribution in [0.1, 0.15) is 50.2 Å². The van der Waals surface area contributed by atoms with Gasteiger partial charge in [0, 0.05) is 0 Å². The summed E-state index contributed by atoms with van der Waals surface area (Å²) in [5.74, 6) is 0.620. The number of hydrogen-bond donors (Lipinski definition) is 0. The lowest BCUT2D eigenvalue weighted by Crippen LogP contribution is -2.02.